The molecule has 1 saturated carbocycles. The molecule has 2 aliphatic rings. The van der Waals surface area contributed by atoms with E-state index in [9.17, 15) is 0 Å². The average molecular weight is 269 g/mol. The number of morpholine rings is 1. The number of aliphatic imine (C=N–C) groups is 1. The molecule has 1 aliphatic carbocycles. The van der Waals surface area contributed by atoms with E-state index in [1.54, 1.807) is 7.11 Å². The van der Waals surface area contributed by atoms with Gasteiger partial charge in [-0.05, 0) is 31.6 Å². The fourth-order valence-corrected chi connectivity index (χ4v) is 2.86. The summed E-state index contributed by atoms with van der Waals surface area (Å²) >= 11 is 0. The van der Waals surface area contributed by atoms with Crippen LogP contribution < -0.4 is 5.73 Å². The summed E-state index contributed by atoms with van der Waals surface area (Å²) in [6.07, 6.45) is 5.17. The van der Waals surface area contributed by atoms with Crippen LogP contribution in [0.15, 0.2) is 4.99 Å². The van der Waals surface area contributed by atoms with Crippen molar-refractivity contribution < 1.29 is 9.47 Å². The van der Waals surface area contributed by atoms with Crippen molar-refractivity contribution in [1.29, 1.82) is 0 Å². The Hall–Kier alpha value is -0.810. The molecule has 0 bridgehead atoms. The predicted molar refractivity (Wildman–Crippen MR) is 76.3 cm³/mol. The number of methoxy groups -OCH3 is 1. The van der Waals surface area contributed by atoms with Gasteiger partial charge in [0.2, 0.25) is 0 Å². The molecule has 0 aromatic rings. The van der Waals surface area contributed by atoms with Crippen LogP contribution in [0.5, 0.6) is 0 Å². The molecule has 110 valence electrons. The first kappa shape index (κ1) is 14.6. The van der Waals surface area contributed by atoms with Gasteiger partial charge in [0.05, 0.1) is 12.7 Å². The number of nitrogens with two attached hydrogens (primary N) is 1. The van der Waals surface area contributed by atoms with Crippen LogP contribution >= 0.6 is 0 Å². The van der Waals surface area contributed by atoms with Crippen LogP contribution in [0, 0.1) is 5.41 Å². The van der Waals surface area contributed by atoms with Crippen LogP contribution in [0.2, 0.25) is 0 Å². The summed E-state index contributed by atoms with van der Waals surface area (Å²) in [5, 5.41) is 0. The number of hydrogen-bond acceptors (Lipinski definition) is 3. The summed E-state index contributed by atoms with van der Waals surface area (Å²) < 4.78 is 10.7. The van der Waals surface area contributed by atoms with E-state index in [1.165, 1.54) is 19.3 Å². The molecule has 1 atom stereocenters. The Labute approximate surface area is 116 Å². The fourth-order valence-electron chi connectivity index (χ4n) is 2.86. The van der Waals surface area contributed by atoms with Gasteiger partial charge in [0.1, 0.15) is 0 Å². The van der Waals surface area contributed by atoms with Gasteiger partial charge in [0.25, 0.3) is 0 Å². The number of hydrogen-bond donors (Lipinski definition) is 1. The minimum absolute atomic E-state index is 0.244. The van der Waals surface area contributed by atoms with Crippen molar-refractivity contribution in [1.82, 2.24) is 4.90 Å². The highest BCUT2D eigenvalue weighted by Gasteiger charge is 2.36. The fraction of sp³-hybridized carbons (Fsp3) is 0.929. The largest absolute Gasteiger partial charge is 0.385 e. The van der Waals surface area contributed by atoms with E-state index in [1.807, 2.05) is 0 Å². The molecule has 0 aromatic heterocycles. The summed E-state index contributed by atoms with van der Waals surface area (Å²) in [7, 11) is 1.76. The Balaban J connectivity index is 1.85. The third kappa shape index (κ3) is 3.83. The van der Waals surface area contributed by atoms with Crippen molar-refractivity contribution in [3.63, 3.8) is 0 Å². The lowest BCUT2D eigenvalue weighted by Gasteiger charge is -2.41. The van der Waals surface area contributed by atoms with E-state index in [-0.39, 0.29) is 6.10 Å². The van der Waals surface area contributed by atoms with Gasteiger partial charge in [-0.1, -0.05) is 6.42 Å². The van der Waals surface area contributed by atoms with Crippen LogP contribution in [-0.2, 0) is 9.47 Å². The van der Waals surface area contributed by atoms with Crippen LogP contribution in [0.4, 0.5) is 0 Å². The van der Waals surface area contributed by atoms with E-state index < -0.39 is 0 Å². The highest BCUT2D eigenvalue weighted by Crippen LogP contribution is 2.44. The SMILES string of the molecule is COCCC1(CN=C(N)N2CCOC(C)C2)CCC1. The van der Waals surface area contributed by atoms with Gasteiger partial charge in [-0.15, -0.1) is 0 Å². The van der Waals surface area contributed by atoms with Gasteiger partial charge in [-0.25, -0.2) is 0 Å². The molecule has 0 radical (unpaired) electrons. The molecular weight excluding hydrogens is 242 g/mol. The van der Waals surface area contributed by atoms with Crippen molar-refractivity contribution in [2.45, 2.75) is 38.7 Å². The van der Waals surface area contributed by atoms with E-state index in [4.69, 9.17) is 15.2 Å². The van der Waals surface area contributed by atoms with Gasteiger partial charge in [0.15, 0.2) is 5.96 Å². The Bertz CT molecular complexity index is 316. The van der Waals surface area contributed by atoms with Crippen molar-refractivity contribution in [2.75, 3.05) is 40.0 Å². The van der Waals surface area contributed by atoms with Crippen molar-refractivity contribution in [3.05, 3.63) is 0 Å². The van der Waals surface area contributed by atoms with Crippen LogP contribution in [-0.4, -0.2) is 56.9 Å². The zero-order valence-corrected chi connectivity index (χ0v) is 12.2. The third-order valence-corrected chi connectivity index (χ3v) is 4.39. The maximum absolute atomic E-state index is 6.11. The molecule has 5 heteroatoms. The highest BCUT2D eigenvalue weighted by atomic mass is 16.5. The second-order valence-electron chi connectivity index (χ2n) is 5.90. The minimum Gasteiger partial charge on any atom is -0.385 e. The molecule has 5 nitrogen and oxygen atoms in total. The summed E-state index contributed by atoms with van der Waals surface area (Å²) in [6, 6.07) is 0. The first-order valence-corrected chi connectivity index (χ1v) is 7.31. The second-order valence-corrected chi connectivity index (χ2v) is 5.90. The van der Waals surface area contributed by atoms with Gasteiger partial charge in [-0.3, -0.25) is 4.99 Å². The highest BCUT2D eigenvalue weighted by molar-refractivity contribution is 5.78. The van der Waals surface area contributed by atoms with Gasteiger partial charge < -0.3 is 20.1 Å². The summed E-state index contributed by atoms with van der Waals surface area (Å²) in [4.78, 5) is 6.77. The van der Waals surface area contributed by atoms with Crippen molar-refractivity contribution >= 4 is 5.96 Å². The maximum atomic E-state index is 6.11. The first-order valence-electron chi connectivity index (χ1n) is 7.31. The predicted octanol–water partition coefficient (Wildman–Crippen LogP) is 1.23. The standard InChI is InChI=1S/C14H27N3O2/c1-12-10-17(7-9-19-12)13(15)16-11-14(4-3-5-14)6-8-18-2/h12H,3-11H2,1-2H3,(H2,15,16). The lowest BCUT2D eigenvalue weighted by atomic mass is 9.67. The molecular formula is C14H27N3O2. The molecule has 1 aliphatic heterocycles. The molecule has 0 spiro atoms. The molecule has 2 fully saturated rings. The lowest BCUT2D eigenvalue weighted by molar-refractivity contribution is 0.00505. The lowest BCUT2D eigenvalue weighted by Crippen LogP contribution is -2.48. The Kier molecular flexibility index (Phi) is 5.05. The summed E-state index contributed by atoms with van der Waals surface area (Å²) in [6.45, 7) is 6.18. The van der Waals surface area contributed by atoms with Crippen molar-refractivity contribution in [3.8, 4) is 0 Å². The molecule has 0 aromatic carbocycles. The third-order valence-electron chi connectivity index (χ3n) is 4.39. The van der Waals surface area contributed by atoms with E-state index >= 15 is 0 Å². The molecule has 1 heterocycles. The van der Waals surface area contributed by atoms with Crippen LogP contribution in [0.25, 0.3) is 0 Å². The number of guanidine groups is 1. The van der Waals surface area contributed by atoms with E-state index in [2.05, 4.69) is 16.8 Å². The quantitative estimate of drug-likeness (QED) is 0.602. The van der Waals surface area contributed by atoms with Crippen molar-refractivity contribution in [2.24, 2.45) is 16.1 Å². The van der Waals surface area contributed by atoms with Crippen LogP contribution in [0.3, 0.4) is 0 Å². The zero-order chi connectivity index (χ0) is 13.7. The zero-order valence-electron chi connectivity index (χ0n) is 12.2. The molecule has 0 amide bonds. The summed E-state index contributed by atoms with van der Waals surface area (Å²) in [5.41, 5.74) is 6.46. The maximum Gasteiger partial charge on any atom is 0.191 e. The Morgan fingerprint density at radius 3 is 2.89 bits per heavy atom. The van der Waals surface area contributed by atoms with Crippen LogP contribution in [0.1, 0.15) is 32.6 Å². The van der Waals surface area contributed by atoms with E-state index in [0.717, 1.165) is 39.3 Å². The second kappa shape index (κ2) is 6.57. The number of rotatable bonds is 5. The van der Waals surface area contributed by atoms with Gasteiger partial charge >= 0.3 is 0 Å². The smallest absolute Gasteiger partial charge is 0.191 e. The van der Waals surface area contributed by atoms with E-state index in [0.29, 0.717) is 11.4 Å². The number of nitrogens with zero attached hydrogens (tertiary/aromatic N) is 2. The summed E-state index contributed by atoms with van der Waals surface area (Å²) in [5.74, 6) is 0.679. The first-order chi connectivity index (χ1) is 9.15. The number of ether oxygens (including phenoxy) is 2. The molecule has 2 N–H and O–H groups in total. The average Bonchev–Trinajstić information content (AvgIpc) is 2.37. The Morgan fingerprint density at radius 1 is 1.53 bits per heavy atom. The molecule has 1 unspecified atom stereocenters. The topological polar surface area (TPSA) is 60.1 Å². The monoisotopic (exact) mass is 269 g/mol. The Morgan fingerprint density at radius 2 is 2.32 bits per heavy atom. The minimum atomic E-state index is 0.244. The molecule has 2 rings (SSSR count). The van der Waals surface area contributed by atoms with Gasteiger partial charge in [-0.2, -0.15) is 0 Å². The molecule has 1 saturated heterocycles. The normalized spacial score (nSPS) is 27.2. The van der Waals surface area contributed by atoms with Gasteiger partial charge in [0, 0.05) is 33.4 Å². The molecule has 19 heavy (non-hydrogen) atoms.